The highest BCUT2D eigenvalue weighted by Crippen LogP contribution is 2.23. The molecule has 0 bridgehead atoms. The fraction of sp³-hybridized carbons (Fsp3) is 0. The molecule has 3 rings (SSSR count). The van der Waals surface area contributed by atoms with E-state index in [9.17, 15) is 10.1 Å². The van der Waals surface area contributed by atoms with Crippen molar-refractivity contribution in [3.8, 4) is 18.2 Å². The third kappa shape index (κ3) is 4.70. The molecule has 0 aliphatic carbocycles. The number of nitriles is 3. The number of rotatable bonds is 5. The summed E-state index contributed by atoms with van der Waals surface area (Å²) >= 11 is 0. The van der Waals surface area contributed by atoms with Crippen LogP contribution in [0, 0.1) is 34.0 Å². The molecule has 0 unspecified atom stereocenters. The van der Waals surface area contributed by atoms with Crippen LogP contribution in [0.3, 0.4) is 0 Å². The molecule has 2 N–H and O–H groups in total. The second-order valence-corrected chi connectivity index (χ2v) is 6.19. The number of allylic oxidation sites excluding steroid dienone is 2. The van der Waals surface area contributed by atoms with Gasteiger partial charge in [-0.1, -0.05) is 30.3 Å². The zero-order valence-corrected chi connectivity index (χ0v) is 15.8. The van der Waals surface area contributed by atoms with Crippen molar-refractivity contribution >= 4 is 28.5 Å². The van der Waals surface area contributed by atoms with Crippen LogP contribution >= 0.6 is 0 Å². The number of benzene rings is 3. The summed E-state index contributed by atoms with van der Waals surface area (Å²) in [5, 5.41) is 33.2. The van der Waals surface area contributed by atoms with E-state index in [2.05, 4.69) is 10.6 Å². The number of hydrogen-bond acceptors (Lipinski definition) is 5. The third-order valence-electron chi connectivity index (χ3n) is 4.23. The Morgan fingerprint density at radius 1 is 0.633 bits per heavy atom. The van der Waals surface area contributed by atoms with Gasteiger partial charge in [-0.15, -0.1) is 0 Å². The molecule has 0 saturated carbocycles. The van der Waals surface area contributed by atoms with E-state index in [4.69, 9.17) is 10.5 Å². The van der Waals surface area contributed by atoms with E-state index in [0.717, 1.165) is 11.4 Å². The normalized spacial score (nSPS) is 9.37. The standard InChI is InChI=1S/C24H15N5O/c25-14-19(15-26)23(16-27)17-6-8-20(9-7-17)28-21-10-12-22(13-11-21)29-24(30)18-4-2-1-3-5-18/h1-13,28H,(H,29,30). The molecule has 0 aliphatic heterocycles. The maximum atomic E-state index is 12.2. The molecular formula is C24H15N5O. The number of nitrogens with zero attached hydrogens (tertiary/aromatic N) is 3. The van der Waals surface area contributed by atoms with Gasteiger partial charge in [0.15, 0.2) is 0 Å². The molecular weight excluding hydrogens is 374 g/mol. The topological polar surface area (TPSA) is 112 Å². The molecule has 3 aromatic rings. The number of hydrogen-bond donors (Lipinski definition) is 2. The van der Waals surface area contributed by atoms with Gasteiger partial charge in [0.25, 0.3) is 5.91 Å². The van der Waals surface area contributed by atoms with Crippen molar-refractivity contribution in [2.45, 2.75) is 0 Å². The Hall–Kier alpha value is -4.86. The SMILES string of the molecule is N#CC(C#N)=C(C#N)c1ccc(Nc2ccc(NC(=O)c3ccccc3)cc2)cc1. The van der Waals surface area contributed by atoms with Gasteiger partial charge in [0.1, 0.15) is 23.8 Å². The van der Waals surface area contributed by atoms with Crippen LogP contribution in [0.5, 0.6) is 0 Å². The Kier molecular flexibility index (Phi) is 6.21. The van der Waals surface area contributed by atoms with Crippen molar-refractivity contribution in [1.29, 1.82) is 15.8 Å². The molecule has 1 amide bonds. The predicted octanol–water partition coefficient (Wildman–Crippen LogP) is 5.01. The molecule has 0 saturated heterocycles. The minimum absolute atomic E-state index is 0.0464. The first-order valence-corrected chi connectivity index (χ1v) is 8.93. The predicted molar refractivity (Wildman–Crippen MR) is 114 cm³/mol. The molecule has 0 spiro atoms. The number of carbonyl (C=O) groups excluding carboxylic acids is 1. The fourth-order valence-corrected chi connectivity index (χ4v) is 2.72. The average Bonchev–Trinajstić information content (AvgIpc) is 2.80. The number of carbonyl (C=O) groups is 1. The van der Waals surface area contributed by atoms with Crippen molar-refractivity contribution in [3.63, 3.8) is 0 Å². The molecule has 30 heavy (non-hydrogen) atoms. The molecule has 0 aromatic heterocycles. The van der Waals surface area contributed by atoms with Crippen molar-refractivity contribution in [1.82, 2.24) is 0 Å². The smallest absolute Gasteiger partial charge is 0.255 e. The van der Waals surface area contributed by atoms with E-state index < -0.39 is 0 Å². The van der Waals surface area contributed by atoms with E-state index in [1.165, 1.54) is 0 Å². The van der Waals surface area contributed by atoms with Gasteiger partial charge in [-0.25, -0.2) is 0 Å². The van der Waals surface area contributed by atoms with Crippen molar-refractivity contribution in [2.24, 2.45) is 0 Å². The lowest BCUT2D eigenvalue weighted by Crippen LogP contribution is -2.11. The second kappa shape index (κ2) is 9.37. The van der Waals surface area contributed by atoms with E-state index in [1.54, 1.807) is 60.7 Å². The summed E-state index contributed by atoms with van der Waals surface area (Å²) in [7, 11) is 0. The Morgan fingerprint density at radius 3 is 1.70 bits per heavy atom. The Morgan fingerprint density at radius 2 is 1.17 bits per heavy atom. The largest absolute Gasteiger partial charge is 0.356 e. The van der Waals surface area contributed by atoms with Gasteiger partial charge in [-0.3, -0.25) is 4.79 Å². The van der Waals surface area contributed by atoms with Gasteiger partial charge in [-0.2, -0.15) is 15.8 Å². The van der Waals surface area contributed by atoms with Gasteiger partial charge in [0.05, 0.1) is 5.57 Å². The van der Waals surface area contributed by atoms with E-state index in [1.807, 2.05) is 36.4 Å². The first-order valence-electron chi connectivity index (χ1n) is 8.93. The van der Waals surface area contributed by atoms with Crippen LogP contribution in [-0.4, -0.2) is 5.91 Å². The summed E-state index contributed by atoms with van der Waals surface area (Å²) in [5.74, 6) is -0.178. The Labute approximate surface area is 173 Å². The van der Waals surface area contributed by atoms with Gasteiger partial charge in [0.2, 0.25) is 0 Å². The molecule has 0 atom stereocenters. The summed E-state index contributed by atoms with van der Waals surface area (Å²) in [6.07, 6.45) is 0. The second-order valence-electron chi connectivity index (χ2n) is 6.19. The van der Waals surface area contributed by atoms with Crippen LogP contribution in [0.25, 0.3) is 5.57 Å². The summed E-state index contributed by atoms with van der Waals surface area (Å²) in [4.78, 5) is 12.2. The van der Waals surface area contributed by atoms with E-state index in [0.29, 0.717) is 16.8 Å². The molecule has 0 radical (unpaired) electrons. The molecule has 6 heteroatoms. The molecule has 0 heterocycles. The van der Waals surface area contributed by atoms with Gasteiger partial charge < -0.3 is 10.6 Å². The summed E-state index contributed by atoms with van der Waals surface area (Å²) in [6, 6.07) is 28.4. The molecule has 0 fully saturated rings. The summed E-state index contributed by atoms with van der Waals surface area (Å²) in [6.45, 7) is 0. The van der Waals surface area contributed by atoms with Crippen LogP contribution in [0.1, 0.15) is 15.9 Å². The number of amides is 1. The van der Waals surface area contributed by atoms with E-state index >= 15 is 0 Å². The zero-order valence-electron chi connectivity index (χ0n) is 15.8. The maximum absolute atomic E-state index is 12.2. The minimum Gasteiger partial charge on any atom is -0.356 e. The maximum Gasteiger partial charge on any atom is 0.255 e. The van der Waals surface area contributed by atoms with Crippen molar-refractivity contribution in [2.75, 3.05) is 10.6 Å². The molecule has 0 aliphatic rings. The first kappa shape index (κ1) is 19.9. The highest BCUT2D eigenvalue weighted by molar-refractivity contribution is 6.04. The number of nitrogens with one attached hydrogen (secondary N) is 2. The quantitative estimate of drug-likeness (QED) is 0.596. The Bertz CT molecular complexity index is 1190. The lowest BCUT2D eigenvalue weighted by Gasteiger charge is -2.09. The fourth-order valence-electron chi connectivity index (χ4n) is 2.72. The van der Waals surface area contributed by atoms with Gasteiger partial charge >= 0.3 is 0 Å². The van der Waals surface area contributed by atoms with Crippen LogP contribution in [0.15, 0.2) is 84.4 Å². The highest BCUT2D eigenvalue weighted by atomic mass is 16.1. The van der Waals surface area contributed by atoms with E-state index in [-0.39, 0.29) is 17.1 Å². The molecule has 3 aromatic carbocycles. The highest BCUT2D eigenvalue weighted by Gasteiger charge is 2.09. The molecule has 6 nitrogen and oxygen atoms in total. The summed E-state index contributed by atoms with van der Waals surface area (Å²) < 4.78 is 0. The first-order chi connectivity index (χ1) is 14.6. The van der Waals surface area contributed by atoms with Gasteiger partial charge in [0, 0.05) is 22.6 Å². The zero-order chi connectivity index (χ0) is 21.3. The summed E-state index contributed by atoms with van der Waals surface area (Å²) in [5.41, 5.74) is 3.17. The van der Waals surface area contributed by atoms with Crippen LogP contribution in [0.2, 0.25) is 0 Å². The average molecular weight is 389 g/mol. The minimum atomic E-state index is -0.216. The lowest BCUT2D eigenvalue weighted by molar-refractivity contribution is 0.102. The Balaban J connectivity index is 1.68. The van der Waals surface area contributed by atoms with Crippen LogP contribution in [0.4, 0.5) is 17.1 Å². The number of anilines is 3. The third-order valence-corrected chi connectivity index (χ3v) is 4.23. The monoisotopic (exact) mass is 389 g/mol. The van der Waals surface area contributed by atoms with Gasteiger partial charge in [-0.05, 0) is 54.1 Å². The molecule has 142 valence electrons. The van der Waals surface area contributed by atoms with Crippen molar-refractivity contribution < 1.29 is 4.79 Å². The lowest BCUT2D eigenvalue weighted by atomic mass is 10.0. The van der Waals surface area contributed by atoms with Crippen molar-refractivity contribution in [3.05, 3.63) is 95.6 Å². The van der Waals surface area contributed by atoms with Crippen LogP contribution in [-0.2, 0) is 0 Å². The van der Waals surface area contributed by atoms with Crippen LogP contribution < -0.4 is 10.6 Å².